The molecule has 0 aliphatic carbocycles. The van der Waals surface area contributed by atoms with E-state index in [1.165, 1.54) is 15.2 Å². The molecule has 0 fully saturated rings. The summed E-state index contributed by atoms with van der Waals surface area (Å²) in [7, 11) is -1.03. The Morgan fingerprint density at radius 2 is 1.77 bits per heavy atom. The fourth-order valence-electron chi connectivity index (χ4n) is 3.32. The van der Waals surface area contributed by atoms with E-state index in [9.17, 15) is 10.2 Å². The maximum atomic E-state index is 10.5. The van der Waals surface area contributed by atoms with Crippen LogP contribution < -0.4 is 0 Å². The minimum absolute atomic E-state index is 0.0512. The van der Waals surface area contributed by atoms with Crippen molar-refractivity contribution in [2.75, 3.05) is 26.6 Å². The molecule has 0 aliphatic heterocycles. The molecule has 0 radical (unpaired) electrons. The van der Waals surface area contributed by atoms with Crippen molar-refractivity contribution in [2.45, 2.75) is 86.1 Å². The summed E-state index contributed by atoms with van der Waals surface area (Å²) in [6.45, 7) is 17.5. The molecule has 2 N–H and O–H groups in total. The van der Waals surface area contributed by atoms with Gasteiger partial charge in [-0.25, -0.2) is 0 Å². The Balaban J connectivity index is 4.08. The van der Waals surface area contributed by atoms with Gasteiger partial charge in [-0.15, -0.1) is 0 Å². The minimum atomic E-state index is -2.25. The summed E-state index contributed by atoms with van der Waals surface area (Å²) < 4.78 is 12.4. The molecule has 0 aromatic carbocycles. The number of hydrogen-bond acceptors (Lipinski definition) is 4. The first-order chi connectivity index (χ1) is 13.8. The molecule has 0 saturated heterocycles. The number of rotatable bonds is 17. The Bertz CT molecular complexity index is 508. The Morgan fingerprint density at radius 1 is 1.13 bits per heavy atom. The van der Waals surface area contributed by atoms with Gasteiger partial charge in [0.05, 0.1) is 0 Å². The van der Waals surface area contributed by atoms with Crippen LogP contribution in [0, 0.1) is 11.8 Å². The van der Waals surface area contributed by atoms with Crippen molar-refractivity contribution in [3.8, 4) is 0 Å². The first-order valence-corrected chi connectivity index (χ1v) is 25.2. The van der Waals surface area contributed by atoms with Crippen LogP contribution in [0.2, 0.25) is 40.5 Å². The normalized spacial score (nSPS) is 16.4. The third-order valence-electron chi connectivity index (χ3n) is 5.55. The Labute approximate surface area is 192 Å². The van der Waals surface area contributed by atoms with Crippen molar-refractivity contribution < 1.29 is 19.7 Å². The summed E-state index contributed by atoms with van der Waals surface area (Å²) in [5.74, 6) is 0.496. The van der Waals surface area contributed by atoms with E-state index < -0.39 is 26.5 Å². The van der Waals surface area contributed by atoms with Crippen molar-refractivity contribution >= 4 is 26.5 Å². The zero-order valence-electron chi connectivity index (χ0n) is 21.1. The van der Waals surface area contributed by atoms with Crippen LogP contribution in [0.4, 0.5) is 0 Å². The van der Waals surface area contributed by atoms with E-state index >= 15 is 0 Å². The Hall–Kier alpha value is 0.336. The first-order valence-electron chi connectivity index (χ1n) is 11.6. The molecule has 0 rings (SSSR count). The molecule has 0 unspecified atom stereocenters. The zero-order valence-corrected chi connectivity index (χ0v) is 24.9. The van der Waals surface area contributed by atoms with Gasteiger partial charge < -0.3 is 4.74 Å². The van der Waals surface area contributed by atoms with Gasteiger partial charge in [0.25, 0.3) is 0 Å². The summed E-state index contributed by atoms with van der Waals surface area (Å²) in [6, 6.07) is 1.17. The fraction of sp³-hybridized carbons (Fsp3) is 0.833. The van der Waals surface area contributed by atoms with E-state index in [4.69, 9.17) is 9.47 Å². The second kappa shape index (κ2) is 15.2. The summed E-state index contributed by atoms with van der Waals surface area (Å²) in [4.78, 5) is 6.94. The second-order valence-electron chi connectivity index (χ2n) is 11.2. The van der Waals surface area contributed by atoms with Crippen LogP contribution in [0.5, 0.6) is 0 Å². The molecule has 178 valence electrons. The van der Waals surface area contributed by atoms with Crippen molar-refractivity contribution in [3.63, 3.8) is 0 Å². The molecule has 0 heterocycles. The summed E-state index contributed by atoms with van der Waals surface area (Å²) >= 11 is -2.25. The summed E-state index contributed by atoms with van der Waals surface area (Å²) in [5, 5.41) is 20.2. The fourth-order valence-corrected chi connectivity index (χ4v) is 8.17. The van der Waals surface area contributed by atoms with Crippen LogP contribution >= 0.6 is 0 Å². The van der Waals surface area contributed by atoms with E-state index in [0.717, 1.165) is 25.9 Å². The van der Waals surface area contributed by atoms with Crippen molar-refractivity contribution in [2.24, 2.45) is 11.8 Å². The quantitative estimate of drug-likeness (QED) is 0.103. The third-order valence-corrected chi connectivity index (χ3v) is 13.9. The van der Waals surface area contributed by atoms with E-state index in [-0.39, 0.29) is 18.6 Å². The predicted octanol–water partition coefficient (Wildman–Crippen LogP) is 5.86. The van der Waals surface area contributed by atoms with Crippen molar-refractivity contribution in [1.82, 2.24) is 0 Å². The van der Waals surface area contributed by atoms with Gasteiger partial charge in [-0.2, -0.15) is 0 Å². The van der Waals surface area contributed by atoms with Crippen molar-refractivity contribution in [1.29, 1.82) is 0 Å². The average molecular weight is 549 g/mol. The number of aliphatic hydroxyl groups excluding tert-OH is 2. The van der Waals surface area contributed by atoms with Crippen LogP contribution in [0.25, 0.3) is 0 Å². The molecule has 4 nitrogen and oxygen atoms in total. The molecule has 0 aromatic heterocycles. The molecular weight excluding hydrogens is 499 g/mol. The van der Waals surface area contributed by atoms with Gasteiger partial charge >= 0.3 is 141 Å². The van der Waals surface area contributed by atoms with E-state index in [1.54, 1.807) is 0 Å². The van der Waals surface area contributed by atoms with Crippen molar-refractivity contribution in [3.05, 3.63) is 21.8 Å². The number of hydrogen-bond donors (Lipinski definition) is 2. The van der Waals surface area contributed by atoms with Crippen LogP contribution in [0.3, 0.4) is 0 Å². The maximum absolute atomic E-state index is 10.5. The van der Waals surface area contributed by atoms with E-state index in [2.05, 4.69) is 61.0 Å². The standard InChI is InChI=1S/C21H41O4Si.3CH3.Sn/c1-7-20(15-22)14-21(23)13-18(2)9-8-10-19(3)16-25-17-24-11-12-26(4,5)6;;;;/h10,18,20-23H,1,8-9,11-17H2,2-6H3;3*1H3;/b19-10+;;;;/t18-,20+,21-;;;;/m0..../s1. The molecule has 3 atom stereocenters. The molecule has 6 heteroatoms. The topological polar surface area (TPSA) is 58.9 Å². The molecule has 0 bridgehead atoms. The molecule has 0 amide bonds. The monoisotopic (exact) mass is 550 g/mol. The van der Waals surface area contributed by atoms with Crippen LogP contribution in [-0.2, 0) is 9.47 Å². The molecule has 0 aromatic rings. The molecule has 30 heavy (non-hydrogen) atoms. The van der Waals surface area contributed by atoms with Gasteiger partial charge in [0.1, 0.15) is 6.79 Å². The Morgan fingerprint density at radius 3 is 2.30 bits per heavy atom. The van der Waals surface area contributed by atoms with Gasteiger partial charge in [-0.3, -0.25) is 0 Å². The third kappa shape index (κ3) is 16.0. The number of ether oxygens (including phenoxy) is 2. The number of allylic oxidation sites excluding steroid dienone is 1. The predicted molar refractivity (Wildman–Crippen MR) is 135 cm³/mol. The Kier molecular flexibility index (Phi) is 15.4. The molecular formula is C24H50O4SiSn. The second-order valence-corrected chi connectivity index (χ2v) is 31.5. The van der Waals surface area contributed by atoms with Gasteiger partial charge in [0.15, 0.2) is 0 Å². The SMILES string of the molecule is C=[C]([C@@H](CO)C[C@@H](O)C[C@@H](C)CC/C=C(\C)COCOCC[Si](C)(C)C)[Sn]([CH3])([CH3])[CH3]. The molecule has 0 saturated carbocycles. The van der Waals surface area contributed by atoms with E-state index in [1.807, 2.05) is 0 Å². The van der Waals surface area contributed by atoms with E-state index in [0.29, 0.717) is 25.7 Å². The van der Waals surface area contributed by atoms with Crippen LogP contribution in [-0.4, -0.2) is 69.4 Å². The van der Waals surface area contributed by atoms with Crippen LogP contribution in [0.1, 0.15) is 39.5 Å². The first kappa shape index (κ1) is 30.3. The summed E-state index contributed by atoms with van der Waals surface area (Å²) in [5.41, 5.74) is 1.23. The van der Waals surface area contributed by atoms with Gasteiger partial charge in [-0.1, -0.05) is 19.6 Å². The van der Waals surface area contributed by atoms with Crippen LogP contribution in [0.15, 0.2) is 21.8 Å². The van der Waals surface area contributed by atoms with Gasteiger partial charge in [0.2, 0.25) is 0 Å². The van der Waals surface area contributed by atoms with Gasteiger partial charge in [0, 0.05) is 14.7 Å². The van der Waals surface area contributed by atoms with Gasteiger partial charge in [-0.05, 0) is 6.04 Å². The molecule has 0 spiro atoms. The summed E-state index contributed by atoms with van der Waals surface area (Å²) in [6.07, 6.45) is 5.31. The number of aliphatic hydroxyl groups is 2. The zero-order chi connectivity index (χ0) is 23.4. The average Bonchev–Trinajstić information content (AvgIpc) is 2.60. The molecule has 0 aliphatic rings.